The van der Waals surface area contributed by atoms with Gasteiger partial charge < -0.3 is 14.5 Å². The number of thiocarbonyl (C=S) groups is 1. The molecule has 0 saturated carbocycles. The first-order valence-electron chi connectivity index (χ1n) is 8.34. The Morgan fingerprint density at radius 3 is 2.68 bits per heavy atom. The molecule has 1 N–H and O–H groups in total. The SMILES string of the molecule is CCOC(=O)c1ccc(NC(=O)CN2C(=O)/C(=C/c3ccco3)SC2=S)cc1. The maximum atomic E-state index is 12.5. The van der Waals surface area contributed by atoms with Gasteiger partial charge in [0.1, 0.15) is 16.6 Å². The van der Waals surface area contributed by atoms with Crippen LogP contribution in [0.15, 0.2) is 52.0 Å². The molecule has 2 heterocycles. The van der Waals surface area contributed by atoms with Gasteiger partial charge in [0.15, 0.2) is 0 Å². The second-order valence-corrected chi connectivity index (χ2v) is 7.31. The summed E-state index contributed by atoms with van der Waals surface area (Å²) in [5.74, 6) is -0.647. The van der Waals surface area contributed by atoms with Gasteiger partial charge in [0.2, 0.25) is 5.91 Å². The molecule has 144 valence electrons. The number of amides is 2. The fraction of sp³-hybridized carbons (Fsp3) is 0.158. The van der Waals surface area contributed by atoms with E-state index in [-0.39, 0.29) is 19.1 Å². The number of hydrogen-bond donors (Lipinski definition) is 1. The number of carbonyl (C=O) groups excluding carboxylic acids is 3. The Bertz CT molecular complexity index is 936. The minimum atomic E-state index is -0.429. The van der Waals surface area contributed by atoms with Crippen LogP contribution in [0.5, 0.6) is 0 Å². The van der Waals surface area contributed by atoms with Crippen molar-refractivity contribution in [2.24, 2.45) is 0 Å². The van der Waals surface area contributed by atoms with Gasteiger partial charge >= 0.3 is 5.97 Å². The second kappa shape index (κ2) is 8.85. The van der Waals surface area contributed by atoms with Gasteiger partial charge in [0.05, 0.1) is 23.3 Å². The first-order chi connectivity index (χ1) is 13.5. The fourth-order valence-corrected chi connectivity index (χ4v) is 3.62. The Morgan fingerprint density at radius 2 is 2.04 bits per heavy atom. The molecule has 9 heteroatoms. The molecule has 0 spiro atoms. The maximum absolute atomic E-state index is 12.5. The van der Waals surface area contributed by atoms with E-state index in [0.717, 1.165) is 11.8 Å². The Balaban J connectivity index is 1.61. The van der Waals surface area contributed by atoms with Crippen LogP contribution >= 0.6 is 24.0 Å². The molecule has 0 radical (unpaired) electrons. The minimum absolute atomic E-state index is 0.209. The third-order valence-electron chi connectivity index (χ3n) is 3.67. The van der Waals surface area contributed by atoms with Crippen molar-refractivity contribution < 1.29 is 23.5 Å². The summed E-state index contributed by atoms with van der Waals surface area (Å²) in [4.78, 5) is 38.1. The van der Waals surface area contributed by atoms with Crippen LogP contribution in [-0.4, -0.2) is 40.2 Å². The lowest BCUT2D eigenvalue weighted by Crippen LogP contribution is -2.36. The number of thioether (sulfide) groups is 1. The Labute approximate surface area is 170 Å². The summed E-state index contributed by atoms with van der Waals surface area (Å²) in [6, 6.07) is 9.72. The number of benzene rings is 1. The third kappa shape index (κ3) is 4.68. The van der Waals surface area contributed by atoms with E-state index >= 15 is 0 Å². The summed E-state index contributed by atoms with van der Waals surface area (Å²) in [5, 5.41) is 2.68. The molecule has 1 fully saturated rings. The molecule has 2 aromatic rings. The van der Waals surface area contributed by atoms with Crippen molar-refractivity contribution in [2.45, 2.75) is 6.92 Å². The van der Waals surface area contributed by atoms with E-state index in [9.17, 15) is 14.4 Å². The quantitative estimate of drug-likeness (QED) is 0.439. The van der Waals surface area contributed by atoms with Crippen molar-refractivity contribution >= 4 is 57.8 Å². The Morgan fingerprint density at radius 1 is 1.29 bits per heavy atom. The first-order valence-corrected chi connectivity index (χ1v) is 9.56. The number of furan rings is 1. The van der Waals surface area contributed by atoms with E-state index in [1.807, 2.05) is 0 Å². The molecule has 2 amide bonds. The highest BCUT2D eigenvalue weighted by Crippen LogP contribution is 2.32. The van der Waals surface area contributed by atoms with Gasteiger partial charge in [0, 0.05) is 11.8 Å². The largest absolute Gasteiger partial charge is 0.465 e. The van der Waals surface area contributed by atoms with Gasteiger partial charge in [-0.15, -0.1) is 0 Å². The van der Waals surface area contributed by atoms with Gasteiger partial charge in [0.25, 0.3) is 5.91 Å². The molecule has 0 aliphatic carbocycles. The molecular formula is C19H16N2O5S2. The Hall–Kier alpha value is -2.91. The monoisotopic (exact) mass is 416 g/mol. The van der Waals surface area contributed by atoms with E-state index in [4.69, 9.17) is 21.4 Å². The summed E-state index contributed by atoms with van der Waals surface area (Å²) >= 11 is 6.32. The zero-order chi connectivity index (χ0) is 20.1. The molecule has 1 aromatic carbocycles. The molecule has 0 bridgehead atoms. The van der Waals surface area contributed by atoms with Gasteiger partial charge in [-0.1, -0.05) is 24.0 Å². The summed E-state index contributed by atoms with van der Waals surface area (Å²) in [6.07, 6.45) is 3.10. The number of hydrogen-bond acceptors (Lipinski definition) is 7. The number of carbonyl (C=O) groups is 3. The molecule has 1 saturated heterocycles. The van der Waals surface area contributed by atoms with Crippen LogP contribution in [0.1, 0.15) is 23.0 Å². The Kier molecular flexibility index (Phi) is 6.27. The minimum Gasteiger partial charge on any atom is -0.465 e. The van der Waals surface area contributed by atoms with E-state index in [0.29, 0.717) is 26.2 Å². The first kappa shape index (κ1) is 19.8. The van der Waals surface area contributed by atoms with Gasteiger partial charge in [-0.25, -0.2) is 4.79 Å². The average molecular weight is 416 g/mol. The standard InChI is InChI=1S/C19H16N2O5S2/c1-2-25-18(24)12-5-7-13(8-6-12)20-16(22)11-21-17(23)15(28-19(21)27)10-14-4-3-9-26-14/h3-10H,2,11H2,1H3,(H,20,22)/b15-10-. The normalized spacial score (nSPS) is 15.2. The fourth-order valence-electron chi connectivity index (χ4n) is 2.39. The van der Waals surface area contributed by atoms with Crippen LogP contribution in [0.3, 0.4) is 0 Å². The lowest BCUT2D eigenvalue weighted by molar-refractivity contribution is -0.126. The number of ether oxygens (including phenoxy) is 1. The van der Waals surface area contributed by atoms with Crippen molar-refractivity contribution in [3.63, 3.8) is 0 Å². The van der Waals surface area contributed by atoms with Crippen LogP contribution in [0, 0.1) is 0 Å². The third-order valence-corrected chi connectivity index (χ3v) is 5.05. The molecular weight excluding hydrogens is 400 g/mol. The van der Waals surface area contributed by atoms with Crippen LogP contribution in [0.4, 0.5) is 5.69 Å². The molecule has 28 heavy (non-hydrogen) atoms. The molecule has 1 aliphatic rings. The van der Waals surface area contributed by atoms with Gasteiger partial charge in [-0.3, -0.25) is 14.5 Å². The number of rotatable bonds is 6. The number of anilines is 1. The van der Waals surface area contributed by atoms with Gasteiger partial charge in [-0.05, 0) is 43.3 Å². The zero-order valence-electron chi connectivity index (χ0n) is 14.8. The van der Waals surface area contributed by atoms with Crippen molar-refractivity contribution in [1.82, 2.24) is 4.90 Å². The van der Waals surface area contributed by atoms with Crippen molar-refractivity contribution in [3.05, 3.63) is 58.9 Å². The molecule has 0 unspecified atom stereocenters. The summed E-state index contributed by atoms with van der Waals surface area (Å²) in [5.41, 5.74) is 0.884. The lowest BCUT2D eigenvalue weighted by atomic mass is 10.2. The van der Waals surface area contributed by atoms with Crippen LogP contribution in [0.2, 0.25) is 0 Å². The van der Waals surface area contributed by atoms with Crippen LogP contribution < -0.4 is 5.32 Å². The average Bonchev–Trinajstić information content (AvgIpc) is 3.27. The van der Waals surface area contributed by atoms with E-state index < -0.39 is 11.9 Å². The van der Waals surface area contributed by atoms with Crippen molar-refractivity contribution in [2.75, 3.05) is 18.5 Å². The smallest absolute Gasteiger partial charge is 0.338 e. The molecule has 0 atom stereocenters. The predicted octanol–water partition coefficient (Wildman–Crippen LogP) is 3.30. The topological polar surface area (TPSA) is 88.9 Å². The maximum Gasteiger partial charge on any atom is 0.338 e. The zero-order valence-corrected chi connectivity index (χ0v) is 16.5. The molecule has 7 nitrogen and oxygen atoms in total. The van der Waals surface area contributed by atoms with E-state index in [2.05, 4.69) is 5.32 Å². The van der Waals surface area contributed by atoms with Crippen LogP contribution in [-0.2, 0) is 14.3 Å². The number of esters is 1. The van der Waals surface area contributed by atoms with E-state index in [1.54, 1.807) is 49.4 Å². The highest BCUT2D eigenvalue weighted by molar-refractivity contribution is 8.26. The van der Waals surface area contributed by atoms with E-state index in [1.165, 1.54) is 11.2 Å². The highest BCUT2D eigenvalue weighted by Gasteiger charge is 2.33. The summed E-state index contributed by atoms with van der Waals surface area (Å²) in [7, 11) is 0. The predicted molar refractivity (Wildman–Crippen MR) is 110 cm³/mol. The number of nitrogens with one attached hydrogen (secondary N) is 1. The summed E-state index contributed by atoms with van der Waals surface area (Å²) in [6.45, 7) is 1.80. The van der Waals surface area contributed by atoms with Gasteiger partial charge in [-0.2, -0.15) is 0 Å². The van der Waals surface area contributed by atoms with Crippen molar-refractivity contribution in [3.8, 4) is 0 Å². The second-order valence-electron chi connectivity index (χ2n) is 5.63. The highest BCUT2D eigenvalue weighted by atomic mass is 32.2. The summed E-state index contributed by atoms with van der Waals surface area (Å²) < 4.78 is 10.4. The molecule has 3 rings (SSSR count). The van der Waals surface area contributed by atoms with Crippen LogP contribution in [0.25, 0.3) is 6.08 Å². The lowest BCUT2D eigenvalue weighted by Gasteiger charge is -2.14. The molecule has 1 aromatic heterocycles. The van der Waals surface area contributed by atoms with Crippen molar-refractivity contribution in [1.29, 1.82) is 0 Å². The molecule has 1 aliphatic heterocycles. The number of nitrogens with zero attached hydrogens (tertiary/aromatic N) is 1.